The van der Waals surface area contributed by atoms with E-state index in [0.29, 0.717) is 15.8 Å². The highest BCUT2D eigenvalue weighted by Gasteiger charge is 2.31. The highest BCUT2D eigenvalue weighted by Crippen LogP contribution is 2.44. The molecule has 0 amide bonds. The minimum atomic E-state index is -3.46. The van der Waals surface area contributed by atoms with Crippen LogP contribution in [0.4, 0.5) is 5.69 Å². The van der Waals surface area contributed by atoms with Gasteiger partial charge < -0.3 is 0 Å². The smallest absolute Gasteiger partial charge is 0.271 e. The van der Waals surface area contributed by atoms with Crippen molar-refractivity contribution in [1.29, 1.82) is 0 Å². The van der Waals surface area contributed by atoms with Crippen LogP contribution in [-0.2, 0) is 10.0 Å². The summed E-state index contributed by atoms with van der Waals surface area (Å²) in [6, 6.07) is 9.36. The Balaban J connectivity index is 1.95. The highest BCUT2D eigenvalue weighted by atomic mass is 32.2. The number of thiophene rings is 1. The maximum atomic E-state index is 12.5. The van der Waals surface area contributed by atoms with Crippen LogP contribution in [0.25, 0.3) is 0 Å². The van der Waals surface area contributed by atoms with E-state index >= 15 is 0 Å². The van der Waals surface area contributed by atoms with Crippen molar-refractivity contribution in [2.75, 3.05) is 4.72 Å². The van der Waals surface area contributed by atoms with Gasteiger partial charge in [0.2, 0.25) is 0 Å². The summed E-state index contributed by atoms with van der Waals surface area (Å²) < 4.78 is 28.1. The zero-order valence-corrected chi connectivity index (χ0v) is 12.2. The lowest BCUT2D eigenvalue weighted by Gasteiger charge is -2.10. The molecule has 3 nitrogen and oxygen atoms in total. The van der Waals surface area contributed by atoms with E-state index in [9.17, 15) is 8.42 Å². The molecule has 0 unspecified atom stereocenters. The molecule has 1 aliphatic carbocycles. The Hall–Kier alpha value is -1.33. The van der Waals surface area contributed by atoms with Crippen molar-refractivity contribution in [3.8, 4) is 0 Å². The summed E-state index contributed by atoms with van der Waals surface area (Å²) in [5, 5.41) is 1.86. The van der Waals surface area contributed by atoms with Gasteiger partial charge in [-0.2, -0.15) is 0 Å². The van der Waals surface area contributed by atoms with Gasteiger partial charge >= 0.3 is 0 Å². The normalized spacial score (nSPS) is 15.4. The highest BCUT2D eigenvalue weighted by molar-refractivity contribution is 7.94. The van der Waals surface area contributed by atoms with Crippen LogP contribution in [0.1, 0.15) is 29.9 Å². The molecule has 100 valence electrons. The Labute approximate surface area is 117 Å². The fourth-order valence-electron chi connectivity index (χ4n) is 2.10. The Bertz CT molecular complexity index is 700. The lowest BCUT2D eigenvalue weighted by Crippen LogP contribution is -2.13. The van der Waals surface area contributed by atoms with Crippen LogP contribution in [0.15, 0.2) is 39.9 Å². The van der Waals surface area contributed by atoms with Crippen molar-refractivity contribution in [3.63, 3.8) is 0 Å². The molecule has 0 spiro atoms. The lowest BCUT2D eigenvalue weighted by molar-refractivity contribution is 0.602. The first-order valence-electron chi connectivity index (χ1n) is 6.24. The van der Waals surface area contributed by atoms with Crippen molar-refractivity contribution in [2.45, 2.75) is 29.9 Å². The Morgan fingerprint density at radius 2 is 1.95 bits per heavy atom. The Morgan fingerprint density at radius 3 is 2.63 bits per heavy atom. The molecular weight excluding hydrogens is 278 g/mol. The zero-order chi connectivity index (χ0) is 13.5. The number of nitrogens with one attached hydrogen (secondary N) is 1. The minimum absolute atomic E-state index is 0.440. The molecule has 1 saturated carbocycles. The summed E-state index contributed by atoms with van der Waals surface area (Å²) in [5.74, 6) is 0.440. The van der Waals surface area contributed by atoms with Gasteiger partial charge in [0.25, 0.3) is 10.0 Å². The molecule has 1 heterocycles. The molecule has 0 atom stereocenters. The SMILES string of the molecule is Cc1ccccc1NS(=O)(=O)c1sccc1C1CC1. The van der Waals surface area contributed by atoms with E-state index in [1.165, 1.54) is 11.3 Å². The van der Waals surface area contributed by atoms with Crippen LogP contribution in [0.3, 0.4) is 0 Å². The summed E-state index contributed by atoms with van der Waals surface area (Å²) >= 11 is 1.30. The molecule has 0 radical (unpaired) electrons. The number of anilines is 1. The molecule has 1 aromatic heterocycles. The monoisotopic (exact) mass is 293 g/mol. The van der Waals surface area contributed by atoms with Crippen molar-refractivity contribution < 1.29 is 8.42 Å². The first-order valence-corrected chi connectivity index (χ1v) is 8.60. The van der Waals surface area contributed by atoms with Crippen LogP contribution in [0, 0.1) is 6.92 Å². The topological polar surface area (TPSA) is 46.2 Å². The quantitative estimate of drug-likeness (QED) is 0.933. The van der Waals surface area contributed by atoms with Gasteiger partial charge in [0.15, 0.2) is 0 Å². The van der Waals surface area contributed by atoms with E-state index < -0.39 is 10.0 Å². The average molecular weight is 293 g/mol. The zero-order valence-electron chi connectivity index (χ0n) is 10.6. The molecule has 0 saturated heterocycles. The molecule has 1 aliphatic rings. The number of aryl methyl sites for hydroxylation is 1. The minimum Gasteiger partial charge on any atom is -0.279 e. The molecule has 19 heavy (non-hydrogen) atoms. The van der Waals surface area contributed by atoms with Crippen LogP contribution in [0.2, 0.25) is 0 Å². The van der Waals surface area contributed by atoms with Gasteiger partial charge in [0.1, 0.15) is 4.21 Å². The first-order chi connectivity index (χ1) is 9.08. The van der Waals surface area contributed by atoms with Crippen molar-refractivity contribution in [3.05, 3.63) is 46.8 Å². The molecule has 0 bridgehead atoms. The third-order valence-corrected chi connectivity index (χ3v) is 6.19. The maximum Gasteiger partial charge on any atom is 0.271 e. The van der Waals surface area contributed by atoms with Crippen LogP contribution >= 0.6 is 11.3 Å². The number of hydrogen-bond donors (Lipinski definition) is 1. The van der Waals surface area contributed by atoms with Gasteiger partial charge in [-0.3, -0.25) is 4.72 Å². The largest absolute Gasteiger partial charge is 0.279 e. The summed E-state index contributed by atoms with van der Waals surface area (Å²) in [7, 11) is -3.46. The van der Waals surface area contributed by atoms with Gasteiger partial charge in [-0.25, -0.2) is 8.42 Å². The van der Waals surface area contributed by atoms with Gasteiger partial charge in [-0.15, -0.1) is 11.3 Å². The lowest BCUT2D eigenvalue weighted by atomic mass is 10.2. The summed E-state index contributed by atoms with van der Waals surface area (Å²) in [6.45, 7) is 1.90. The first kappa shape index (κ1) is 12.7. The van der Waals surface area contributed by atoms with Crippen LogP contribution < -0.4 is 4.72 Å². The Kier molecular flexibility index (Phi) is 3.11. The van der Waals surface area contributed by atoms with E-state index in [4.69, 9.17) is 0 Å². The van der Waals surface area contributed by atoms with E-state index in [1.807, 2.05) is 36.6 Å². The van der Waals surface area contributed by atoms with Gasteiger partial charge in [-0.1, -0.05) is 18.2 Å². The van der Waals surface area contributed by atoms with Crippen molar-refractivity contribution >= 4 is 27.0 Å². The standard InChI is InChI=1S/C14H15NO2S2/c1-10-4-2-3-5-13(10)15-19(16,17)14-12(8-9-18-14)11-6-7-11/h2-5,8-9,11,15H,6-7H2,1H3. The molecular formula is C14H15NO2S2. The molecule has 1 aromatic carbocycles. The summed E-state index contributed by atoms with van der Waals surface area (Å²) in [5.41, 5.74) is 2.55. The Morgan fingerprint density at radius 1 is 1.21 bits per heavy atom. The van der Waals surface area contributed by atoms with Crippen LogP contribution in [-0.4, -0.2) is 8.42 Å². The fraction of sp³-hybridized carbons (Fsp3) is 0.286. The second-order valence-corrected chi connectivity index (χ2v) is 7.65. The number of rotatable bonds is 4. The number of hydrogen-bond acceptors (Lipinski definition) is 3. The van der Waals surface area contributed by atoms with Gasteiger partial charge in [0.05, 0.1) is 5.69 Å². The second-order valence-electron chi connectivity index (χ2n) is 4.86. The summed E-state index contributed by atoms with van der Waals surface area (Å²) in [4.78, 5) is 0. The third kappa shape index (κ3) is 2.53. The molecule has 0 aliphatic heterocycles. The number of sulfonamides is 1. The third-order valence-electron chi connectivity index (χ3n) is 3.31. The van der Waals surface area contributed by atoms with Crippen LogP contribution in [0.5, 0.6) is 0 Å². The van der Waals surface area contributed by atoms with E-state index in [0.717, 1.165) is 24.0 Å². The average Bonchev–Trinajstić information content (AvgIpc) is 3.09. The van der Waals surface area contributed by atoms with Gasteiger partial charge in [0, 0.05) is 0 Å². The molecule has 5 heteroatoms. The van der Waals surface area contributed by atoms with E-state index in [-0.39, 0.29) is 0 Å². The van der Waals surface area contributed by atoms with E-state index in [1.54, 1.807) is 6.07 Å². The fourth-order valence-corrected chi connectivity index (χ4v) is 4.76. The van der Waals surface area contributed by atoms with Gasteiger partial charge in [-0.05, 0) is 54.3 Å². The van der Waals surface area contributed by atoms with Crippen molar-refractivity contribution in [1.82, 2.24) is 0 Å². The molecule has 3 rings (SSSR count). The van der Waals surface area contributed by atoms with E-state index in [2.05, 4.69) is 4.72 Å². The predicted octanol–water partition coefficient (Wildman–Crippen LogP) is 3.73. The molecule has 2 aromatic rings. The molecule has 1 fully saturated rings. The summed E-state index contributed by atoms with van der Waals surface area (Å²) in [6.07, 6.45) is 2.20. The second kappa shape index (κ2) is 4.65. The maximum absolute atomic E-state index is 12.5. The predicted molar refractivity (Wildman–Crippen MR) is 78.3 cm³/mol. The number of benzene rings is 1. The number of para-hydroxylation sites is 1. The van der Waals surface area contributed by atoms with Crippen molar-refractivity contribution in [2.24, 2.45) is 0 Å². The molecule has 1 N–H and O–H groups in total.